The molecule has 0 bridgehead atoms. The Bertz CT molecular complexity index is 871. The molecular formula is C13H14ClFN4O5S. The van der Waals surface area contributed by atoms with Gasteiger partial charge in [0.1, 0.15) is 15.7 Å². The van der Waals surface area contributed by atoms with Crippen molar-refractivity contribution < 1.29 is 27.4 Å². The van der Waals surface area contributed by atoms with E-state index in [1.807, 2.05) is 0 Å². The lowest BCUT2D eigenvalue weighted by Crippen LogP contribution is -2.16. The second-order valence-corrected chi connectivity index (χ2v) is 7.62. The molecule has 2 N–H and O–H groups in total. The minimum Gasteiger partial charge on any atom is -0.474 e. The minimum atomic E-state index is -3.10. The fraction of sp³-hybridized carbons (Fsp3) is 0.308. The zero-order valence-corrected chi connectivity index (χ0v) is 14.5. The van der Waals surface area contributed by atoms with Crippen molar-refractivity contribution in [2.75, 3.05) is 23.9 Å². The number of rotatable bonds is 7. The average molecular weight is 393 g/mol. The highest BCUT2D eigenvalue weighted by Crippen LogP contribution is 2.21. The third-order valence-corrected chi connectivity index (χ3v) is 4.18. The van der Waals surface area contributed by atoms with Crippen molar-refractivity contribution in [3.63, 3.8) is 0 Å². The van der Waals surface area contributed by atoms with E-state index in [4.69, 9.17) is 21.5 Å². The Morgan fingerprint density at radius 2 is 2.24 bits per heavy atom. The zero-order valence-electron chi connectivity index (χ0n) is 12.9. The number of hydrogen-bond donors (Lipinski definition) is 2. The summed E-state index contributed by atoms with van der Waals surface area (Å²) < 4.78 is 45.1. The van der Waals surface area contributed by atoms with Gasteiger partial charge in [-0.05, 0) is 34.9 Å². The lowest BCUT2D eigenvalue weighted by molar-refractivity contribution is 0.255. The number of aromatic nitrogens is 2. The van der Waals surface area contributed by atoms with Gasteiger partial charge in [-0.1, -0.05) is 16.8 Å². The van der Waals surface area contributed by atoms with Crippen molar-refractivity contribution in [3.8, 4) is 5.88 Å². The average Bonchev–Trinajstić information content (AvgIpc) is 3.00. The molecule has 0 unspecified atom stereocenters. The number of nitrogens with zero attached hydrogens (tertiary/aromatic N) is 3. The van der Waals surface area contributed by atoms with Crippen molar-refractivity contribution in [1.82, 2.24) is 10.3 Å². The number of hydrogen-bond acceptors (Lipinski definition) is 8. The van der Waals surface area contributed by atoms with Crippen LogP contribution in [-0.4, -0.2) is 48.4 Å². The maximum Gasteiger partial charge on any atom is 0.287 e. The lowest BCUT2D eigenvalue weighted by atomic mass is 10.3. The number of ether oxygens (including phenoxy) is 1. The Morgan fingerprint density at radius 3 is 2.88 bits per heavy atom. The number of oxime groups is 1. The third kappa shape index (κ3) is 5.57. The molecule has 0 saturated carbocycles. The van der Waals surface area contributed by atoms with Crippen LogP contribution in [0.2, 0.25) is 5.02 Å². The second kappa shape index (κ2) is 8.12. The van der Waals surface area contributed by atoms with E-state index < -0.39 is 15.7 Å². The molecule has 0 atom stereocenters. The second-order valence-electron chi connectivity index (χ2n) is 4.95. The maximum absolute atomic E-state index is 13.2. The molecule has 0 aliphatic heterocycles. The van der Waals surface area contributed by atoms with Gasteiger partial charge in [0.05, 0.1) is 17.4 Å². The monoisotopic (exact) mass is 392 g/mol. The van der Waals surface area contributed by atoms with Gasteiger partial charge in [0.2, 0.25) is 11.5 Å². The number of benzene rings is 1. The van der Waals surface area contributed by atoms with Gasteiger partial charge in [-0.2, -0.15) is 0 Å². The first-order valence-corrected chi connectivity index (χ1v) is 9.31. The van der Waals surface area contributed by atoms with Gasteiger partial charge in [0.25, 0.3) is 5.88 Å². The standard InChI is InChI=1S/C13H14ClFN4O5S/c1-25(21,22)6-2-5-23-13-11(18-24-19-13)12(17-20)16-8-3-4-10(15)9(14)7-8/h3-4,7,20H,2,5-6H2,1H3,(H,16,17). The fourth-order valence-electron chi connectivity index (χ4n) is 1.75. The minimum absolute atomic E-state index is 0.0371. The zero-order chi connectivity index (χ0) is 18.4. The molecule has 12 heteroatoms. The van der Waals surface area contributed by atoms with Crippen LogP contribution in [0.1, 0.15) is 12.1 Å². The lowest BCUT2D eigenvalue weighted by Gasteiger charge is -2.08. The highest BCUT2D eigenvalue weighted by molar-refractivity contribution is 7.90. The Morgan fingerprint density at radius 1 is 1.48 bits per heavy atom. The molecule has 0 aliphatic rings. The number of anilines is 1. The third-order valence-electron chi connectivity index (χ3n) is 2.86. The fourth-order valence-corrected chi connectivity index (χ4v) is 2.57. The molecule has 9 nitrogen and oxygen atoms in total. The molecule has 0 fully saturated rings. The van der Waals surface area contributed by atoms with Crippen molar-refractivity contribution in [3.05, 3.63) is 34.7 Å². The van der Waals surface area contributed by atoms with Crippen LogP contribution in [0, 0.1) is 5.82 Å². The van der Waals surface area contributed by atoms with Crippen molar-refractivity contribution in [2.45, 2.75) is 6.42 Å². The van der Waals surface area contributed by atoms with Crippen LogP contribution in [0.15, 0.2) is 28.0 Å². The van der Waals surface area contributed by atoms with Gasteiger partial charge < -0.3 is 15.3 Å². The Balaban J connectivity index is 2.06. The smallest absolute Gasteiger partial charge is 0.287 e. The van der Waals surface area contributed by atoms with Crippen LogP contribution in [-0.2, 0) is 9.84 Å². The van der Waals surface area contributed by atoms with Crippen LogP contribution in [0.5, 0.6) is 5.88 Å². The number of nitrogens with one attached hydrogen (secondary N) is 1. The van der Waals surface area contributed by atoms with Crippen molar-refractivity contribution >= 4 is 33.0 Å². The first-order chi connectivity index (χ1) is 11.8. The van der Waals surface area contributed by atoms with Crippen LogP contribution in [0.4, 0.5) is 10.1 Å². The predicted octanol–water partition coefficient (Wildman–Crippen LogP) is 1.92. The van der Waals surface area contributed by atoms with E-state index in [0.29, 0.717) is 5.69 Å². The molecule has 25 heavy (non-hydrogen) atoms. The van der Waals surface area contributed by atoms with Gasteiger partial charge in [-0.3, -0.25) is 0 Å². The van der Waals surface area contributed by atoms with E-state index in [1.165, 1.54) is 12.1 Å². The molecule has 1 aromatic carbocycles. The van der Waals surface area contributed by atoms with Crippen LogP contribution in [0.3, 0.4) is 0 Å². The summed E-state index contributed by atoms with van der Waals surface area (Å²) in [4.78, 5) is 0. The number of sulfone groups is 1. The normalized spacial score (nSPS) is 12.2. The molecular weight excluding hydrogens is 379 g/mol. The first kappa shape index (κ1) is 18.9. The van der Waals surface area contributed by atoms with E-state index in [1.54, 1.807) is 0 Å². The highest BCUT2D eigenvalue weighted by atomic mass is 35.5. The molecule has 136 valence electrons. The quantitative estimate of drug-likeness (QED) is 0.240. The van der Waals surface area contributed by atoms with Gasteiger partial charge in [-0.25, -0.2) is 17.4 Å². The molecule has 2 rings (SSSR count). The molecule has 2 aromatic rings. The van der Waals surface area contributed by atoms with Crippen molar-refractivity contribution in [1.29, 1.82) is 0 Å². The summed E-state index contributed by atoms with van der Waals surface area (Å²) in [6.45, 7) is 0.0371. The topological polar surface area (TPSA) is 127 Å². The summed E-state index contributed by atoms with van der Waals surface area (Å²) >= 11 is 5.68. The summed E-state index contributed by atoms with van der Waals surface area (Å²) in [6.07, 6.45) is 1.35. The molecule has 0 aliphatic carbocycles. The molecule has 0 radical (unpaired) electrons. The summed E-state index contributed by atoms with van der Waals surface area (Å²) in [7, 11) is -3.10. The Kier molecular flexibility index (Phi) is 6.15. The molecule has 0 spiro atoms. The molecule has 0 amide bonds. The Labute approximate surface area is 147 Å². The van der Waals surface area contributed by atoms with Gasteiger partial charge in [0.15, 0.2) is 0 Å². The van der Waals surface area contributed by atoms with Crippen molar-refractivity contribution in [2.24, 2.45) is 5.16 Å². The highest BCUT2D eigenvalue weighted by Gasteiger charge is 2.19. The van der Waals surface area contributed by atoms with E-state index in [2.05, 4.69) is 25.4 Å². The van der Waals surface area contributed by atoms with Crippen LogP contribution in [0.25, 0.3) is 0 Å². The van der Waals surface area contributed by atoms with E-state index in [0.717, 1.165) is 12.3 Å². The van der Waals surface area contributed by atoms with Gasteiger partial charge in [-0.15, -0.1) is 0 Å². The maximum atomic E-state index is 13.2. The van der Waals surface area contributed by atoms with Gasteiger partial charge >= 0.3 is 0 Å². The van der Waals surface area contributed by atoms with E-state index >= 15 is 0 Å². The summed E-state index contributed by atoms with van der Waals surface area (Å²) in [5.41, 5.74) is 0.271. The molecule has 1 heterocycles. The number of amidine groups is 1. The van der Waals surface area contributed by atoms with Crippen LogP contribution >= 0.6 is 11.6 Å². The van der Waals surface area contributed by atoms with Crippen LogP contribution < -0.4 is 10.1 Å². The SMILES string of the molecule is CS(=O)(=O)CCCOc1nonc1/C(=N\O)Nc1ccc(F)c(Cl)c1. The number of halogens is 2. The largest absolute Gasteiger partial charge is 0.474 e. The summed E-state index contributed by atoms with van der Waals surface area (Å²) in [6, 6.07) is 3.78. The van der Waals surface area contributed by atoms with E-state index in [9.17, 15) is 12.8 Å². The summed E-state index contributed by atoms with van der Waals surface area (Å²) in [5, 5.41) is 21.8. The van der Waals surface area contributed by atoms with Gasteiger partial charge in [0, 0.05) is 11.9 Å². The Hall–Kier alpha value is -2.40. The predicted molar refractivity (Wildman–Crippen MR) is 87.5 cm³/mol. The molecule has 0 saturated heterocycles. The summed E-state index contributed by atoms with van der Waals surface area (Å²) in [5.74, 6) is -0.933. The molecule has 1 aromatic heterocycles. The van der Waals surface area contributed by atoms with E-state index in [-0.39, 0.29) is 41.2 Å². The first-order valence-electron chi connectivity index (χ1n) is 6.88.